The molecule has 3 rings (SSSR count). The molecule has 1 aromatic carbocycles. The maximum atomic E-state index is 13.0. The Labute approximate surface area is 147 Å². The molecule has 1 fully saturated rings. The Morgan fingerprint density at radius 2 is 1.85 bits per heavy atom. The van der Waals surface area contributed by atoms with Crippen LogP contribution < -0.4 is 4.74 Å². The van der Waals surface area contributed by atoms with Crippen LogP contribution in [0.3, 0.4) is 0 Å². The largest absolute Gasteiger partial charge is 0.473 e. The van der Waals surface area contributed by atoms with Gasteiger partial charge in [0.1, 0.15) is 11.9 Å². The zero-order valence-corrected chi connectivity index (χ0v) is 14.1. The van der Waals surface area contributed by atoms with Crippen LogP contribution in [0.1, 0.15) is 12.0 Å². The van der Waals surface area contributed by atoms with Crippen molar-refractivity contribution in [2.24, 2.45) is 0 Å². The fraction of sp³-hybridized carbons (Fsp3) is 0.312. The van der Waals surface area contributed by atoms with Gasteiger partial charge in [-0.3, -0.25) is 0 Å². The summed E-state index contributed by atoms with van der Waals surface area (Å²) in [6.07, 6.45) is -3.85. The molecule has 0 amide bonds. The van der Waals surface area contributed by atoms with Gasteiger partial charge in [-0.15, -0.1) is 0 Å². The normalized spacial score (nSPS) is 18.8. The van der Waals surface area contributed by atoms with Gasteiger partial charge in [0.2, 0.25) is 15.9 Å². The molecule has 0 bridgehead atoms. The molecule has 1 atom stereocenters. The van der Waals surface area contributed by atoms with Crippen LogP contribution in [0, 0.1) is 5.82 Å². The Morgan fingerprint density at radius 3 is 2.50 bits per heavy atom. The van der Waals surface area contributed by atoms with Crippen molar-refractivity contribution >= 4 is 10.0 Å². The minimum Gasteiger partial charge on any atom is -0.473 e. The predicted octanol–water partition coefficient (Wildman–Crippen LogP) is 3.08. The number of hydrogen-bond donors (Lipinski definition) is 0. The Kier molecular flexibility index (Phi) is 4.89. The smallest absolute Gasteiger partial charge is 0.416 e. The first kappa shape index (κ1) is 18.6. The van der Waals surface area contributed by atoms with E-state index in [1.807, 2.05) is 0 Å². The van der Waals surface area contributed by atoms with Crippen molar-refractivity contribution in [3.05, 3.63) is 54.0 Å². The van der Waals surface area contributed by atoms with Crippen LogP contribution in [0.2, 0.25) is 0 Å². The first-order valence-electron chi connectivity index (χ1n) is 7.62. The highest BCUT2D eigenvalue weighted by molar-refractivity contribution is 7.89. The van der Waals surface area contributed by atoms with Crippen LogP contribution in [-0.4, -0.2) is 36.9 Å². The summed E-state index contributed by atoms with van der Waals surface area (Å²) < 4.78 is 82.7. The molecule has 1 saturated heterocycles. The summed E-state index contributed by atoms with van der Waals surface area (Å²) in [5.41, 5.74) is -0.892. The molecule has 2 heterocycles. The van der Waals surface area contributed by atoms with Crippen LogP contribution in [0.15, 0.2) is 47.5 Å². The molecular weight excluding hydrogens is 376 g/mol. The summed E-state index contributed by atoms with van der Waals surface area (Å²) in [6, 6.07) is 6.01. The van der Waals surface area contributed by atoms with Gasteiger partial charge in [0.25, 0.3) is 0 Å². The van der Waals surface area contributed by atoms with Gasteiger partial charge >= 0.3 is 6.18 Å². The lowest BCUT2D eigenvalue weighted by Gasteiger charge is -2.17. The number of alkyl halides is 3. The van der Waals surface area contributed by atoms with Crippen molar-refractivity contribution < 1.29 is 30.7 Å². The van der Waals surface area contributed by atoms with Crippen molar-refractivity contribution in [2.45, 2.75) is 23.6 Å². The molecule has 10 heteroatoms. The first-order valence-corrected chi connectivity index (χ1v) is 9.06. The third-order valence-corrected chi connectivity index (χ3v) is 5.79. The van der Waals surface area contributed by atoms with Crippen molar-refractivity contribution in [1.29, 1.82) is 0 Å². The van der Waals surface area contributed by atoms with Crippen LogP contribution in [0.25, 0.3) is 0 Å². The second-order valence-electron chi connectivity index (χ2n) is 5.73. The third kappa shape index (κ3) is 3.96. The van der Waals surface area contributed by atoms with Crippen LogP contribution in [0.4, 0.5) is 17.6 Å². The number of aromatic nitrogens is 1. The summed E-state index contributed by atoms with van der Waals surface area (Å²) in [7, 11) is -3.83. The molecule has 5 nitrogen and oxygen atoms in total. The Morgan fingerprint density at radius 1 is 1.15 bits per heavy atom. The number of benzene rings is 1. The fourth-order valence-electron chi connectivity index (χ4n) is 2.59. The summed E-state index contributed by atoms with van der Waals surface area (Å²) in [4.78, 5) is 3.68. The molecule has 1 aromatic heterocycles. The fourth-order valence-corrected chi connectivity index (χ4v) is 4.08. The van der Waals surface area contributed by atoms with E-state index in [-0.39, 0.29) is 23.9 Å². The topological polar surface area (TPSA) is 59.5 Å². The SMILES string of the molecule is O=S(=O)(c1ccc(F)cc1)N1CCC(Oc2cc(C(F)(F)F)ccn2)C1. The van der Waals surface area contributed by atoms with E-state index in [1.165, 1.54) is 0 Å². The summed E-state index contributed by atoms with van der Waals surface area (Å²) in [5, 5.41) is 0. The maximum absolute atomic E-state index is 13.0. The summed E-state index contributed by atoms with van der Waals surface area (Å²) in [5.74, 6) is -0.770. The van der Waals surface area contributed by atoms with E-state index >= 15 is 0 Å². The zero-order chi connectivity index (χ0) is 18.9. The third-order valence-electron chi connectivity index (χ3n) is 3.91. The molecule has 0 saturated carbocycles. The molecule has 26 heavy (non-hydrogen) atoms. The molecule has 0 aliphatic carbocycles. The molecule has 1 aliphatic rings. The van der Waals surface area contributed by atoms with Crippen molar-refractivity contribution in [3.8, 4) is 5.88 Å². The first-order chi connectivity index (χ1) is 12.2. The van der Waals surface area contributed by atoms with Gasteiger partial charge in [0.05, 0.1) is 17.0 Å². The number of pyridine rings is 1. The van der Waals surface area contributed by atoms with E-state index in [9.17, 15) is 26.0 Å². The van der Waals surface area contributed by atoms with Gasteiger partial charge in [-0.05, 0) is 36.8 Å². The van der Waals surface area contributed by atoms with Crippen LogP contribution in [-0.2, 0) is 16.2 Å². The van der Waals surface area contributed by atoms with E-state index in [1.54, 1.807) is 0 Å². The number of halogens is 4. The Hall–Kier alpha value is -2.20. The van der Waals surface area contributed by atoms with E-state index in [0.717, 1.165) is 46.9 Å². The second-order valence-corrected chi connectivity index (χ2v) is 7.66. The lowest BCUT2D eigenvalue weighted by molar-refractivity contribution is -0.137. The molecule has 0 N–H and O–H groups in total. The molecular formula is C16H14F4N2O3S. The van der Waals surface area contributed by atoms with Gasteiger partial charge in [0, 0.05) is 18.8 Å². The number of hydrogen-bond acceptors (Lipinski definition) is 4. The van der Waals surface area contributed by atoms with Gasteiger partial charge in [-0.25, -0.2) is 17.8 Å². The molecule has 0 spiro atoms. The minimum atomic E-state index is -4.52. The molecule has 1 aliphatic heterocycles. The highest BCUT2D eigenvalue weighted by Gasteiger charge is 2.35. The summed E-state index contributed by atoms with van der Waals surface area (Å²) >= 11 is 0. The average Bonchev–Trinajstić information content (AvgIpc) is 3.04. The van der Waals surface area contributed by atoms with Crippen LogP contribution in [0.5, 0.6) is 5.88 Å². The van der Waals surface area contributed by atoms with Crippen molar-refractivity contribution in [2.75, 3.05) is 13.1 Å². The highest BCUT2D eigenvalue weighted by atomic mass is 32.2. The highest BCUT2D eigenvalue weighted by Crippen LogP contribution is 2.31. The lowest BCUT2D eigenvalue weighted by Crippen LogP contribution is -2.31. The minimum absolute atomic E-state index is 0.0301. The van der Waals surface area contributed by atoms with Crippen LogP contribution >= 0.6 is 0 Å². The van der Waals surface area contributed by atoms with Gasteiger partial charge < -0.3 is 4.74 Å². The second kappa shape index (κ2) is 6.84. The van der Waals surface area contributed by atoms with Gasteiger partial charge in [-0.1, -0.05) is 0 Å². The molecule has 2 aromatic rings. The number of nitrogens with zero attached hydrogens (tertiary/aromatic N) is 2. The quantitative estimate of drug-likeness (QED) is 0.753. The average molecular weight is 390 g/mol. The van der Waals surface area contributed by atoms with E-state index < -0.39 is 33.7 Å². The predicted molar refractivity (Wildman–Crippen MR) is 83.4 cm³/mol. The number of rotatable bonds is 4. The monoisotopic (exact) mass is 390 g/mol. The Bertz CT molecular complexity index is 885. The number of sulfonamides is 1. The van der Waals surface area contributed by atoms with Gasteiger partial charge in [0.15, 0.2) is 0 Å². The molecule has 140 valence electrons. The van der Waals surface area contributed by atoms with Crippen molar-refractivity contribution in [3.63, 3.8) is 0 Å². The standard InChI is InChI=1S/C16H14F4N2O3S/c17-12-1-3-14(4-2-12)26(23,24)22-8-6-13(10-22)25-15-9-11(5-7-21-15)16(18,19)20/h1-5,7,9,13H,6,8,10H2. The van der Waals surface area contributed by atoms with Crippen molar-refractivity contribution in [1.82, 2.24) is 9.29 Å². The molecule has 1 unspecified atom stereocenters. The zero-order valence-electron chi connectivity index (χ0n) is 13.3. The van der Waals surface area contributed by atoms with E-state index in [0.29, 0.717) is 6.42 Å². The maximum Gasteiger partial charge on any atom is 0.416 e. The number of ether oxygens (including phenoxy) is 1. The summed E-state index contributed by atoms with van der Waals surface area (Å²) in [6.45, 7) is 0.112. The lowest BCUT2D eigenvalue weighted by atomic mass is 10.2. The molecule has 0 radical (unpaired) electrons. The Balaban J connectivity index is 1.70. The van der Waals surface area contributed by atoms with E-state index in [2.05, 4.69) is 4.98 Å². The van der Waals surface area contributed by atoms with Gasteiger partial charge in [-0.2, -0.15) is 17.5 Å². The van der Waals surface area contributed by atoms with E-state index in [4.69, 9.17) is 4.74 Å².